The summed E-state index contributed by atoms with van der Waals surface area (Å²) < 4.78 is 5.05. The first-order valence-corrected chi connectivity index (χ1v) is 6.51. The molecule has 0 amide bonds. The van der Waals surface area contributed by atoms with Gasteiger partial charge in [-0.1, -0.05) is 12.1 Å². The molecule has 5 nitrogen and oxygen atoms in total. The number of para-hydroxylation sites is 1. The molecule has 0 radical (unpaired) electrons. The molecule has 0 bridgehead atoms. The maximum atomic E-state index is 11.9. The minimum atomic E-state index is -0.332. The zero-order chi connectivity index (χ0) is 14.4. The Morgan fingerprint density at radius 1 is 1.35 bits per heavy atom. The molecular formula is C15H17N3O2. The molecule has 1 unspecified atom stereocenters. The Morgan fingerprint density at radius 2 is 2.15 bits per heavy atom. The first-order valence-electron chi connectivity index (χ1n) is 6.51. The summed E-state index contributed by atoms with van der Waals surface area (Å²) in [5, 5.41) is 3.26. The van der Waals surface area contributed by atoms with Crippen molar-refractivity contribution in [3.8, 4) is 0 Å². The second kappa shape index (κ2) is 6.65. The molecule has 1 aromatic heterocycles. The molecule has 2 rings (SSSR count). The van der Waals surface area contributed by atoms with Crippen LogP contribution in [0, 0.1) is 0 Å². The lowest BCUT2D eigenvalue weighted by Gasteiger charge is -2.16. The number of benzene rings is 1. The minimum Gasteiger partial charge on any atom is -0.462 e. The summed E-state index contributed by atoms with van der Waals surface area (Å²) in [6, 6.07) is 7.21. The van der Waals surface area contributed by atoms with Crippen LogP contribution in [0.25, 0.3) is 0 Å². The van der Waals surface area contributed by atoms with E-state index in [1.54, 1.807) is 31.6 Å². The molecule has 0 aliphatic rings. The highest BCUT2D eigenvalue weighted by Crippen LogP contribution is 2.21. The van der Waals surface area contributed by atoms with Gasteiger partial charge in [0.2, 0.25) is 0 Å². The Hall–Kier alpha value is -2.43. The molecule has 104 valence electrons. The number of carbonyl (C=O) groups is 1. The topological polar surface area (TPSA) is 64.1 Å². The fraction of sp³-hybridized carbons (Fsp3) is 0.267. The highest BCUT2D eigenvalue weighted by atomic mass is 16.5. The van der Waals surface area contributed by atoms with Crippen LogP contribution >= 0.6 is 0 Å². The maximum absolute atomic E-state index is 11.9. The van der Waals surface area contributed by atoms with Crippen molar-refractivity contribution in [2.24, 2.45) is 0 Å². The van der Waals surface area contributed by atoms with Crippen LogP contribution in [-0.4, -0.2) is 22.5 Å². The lowest BCUT2D eigenvalue weighted by molar-refractivity contribution is 0.0527. The van der Waals surface area contributed by atoms with E-state index in [2.05, 4.69) is 15.3 Å². The van der Waals surface area contributed by atoms with Gasteiger partial charge >= 0.3 is 5.97 Å². The highest BCUT2D eigenvalue weighted by molar-refractivity contribution is 5.95. The number of nitrogens with zero attached hydrogens (tertiary/aromatic N) is 2. The molecule has 2 aromatic rings. The lowest BCUT2D eigenvalue weighted by atomic mass is 10.1. The number of aromatic nitrogens is 2. The number of hydrogen-bond donors (Lipinski definition) is 1. The quantitative estimate of drug-likeness (QED) is 0.847. The summed E-state index contributed by atoms with van der Waals surface area (Å²) in [5.74, 6) is -0.332. The van der Waals surface area contributed by atoms with Crippen LogP contribution < -0.4 is 5.32 Å². The van der Waals surface area contributed by atoms with E-state index in [9.17, 15) is 4.79 Å². The van der Waals surface area contributed by atoms with Gasteiger partial charge in [-0.15, -0.1) is 0 Å². The molecule has 1 aromatic carbocycles. The molecular weight excluding hydrogens is 254 g/mol. The monoisotopic (exact) mass is 271 g/mol. The fourth-order valence-corrected chi connectivity index (χ4v) is 1.84. The van der Waals surface area contributed by atoms with E-state index in [0.717, 1.165) is 11.4 Å². The number of esters is 1. The molecule has 1 atom stereocenters. The average Bonchev–Trinajstić information content (AvgIpc) is 2.49. The van der Waals surface area contributed by atoms with Crippen molar-refractivity contribution < 1.29 is 9.53 Å². The SMILES string of the molecule is CCOC(=O)c1ccccc1NC(C)c1cnccn1. The van der Waals surface area contributed by atoms with Crippen molar-refractivity contribution in [3.05, 3.63) is 54.1 Å². The summed E-state index contributed by atoms with van der Waals surface area (Å²) >= 11 is 0. The lowest BCUT2D eigenvalue weighted by Crippen LogP contribution is -2.13. The zero-order valence-corrected chi connectivity index (χ0v) is 11.5. The molecule has 0 saturated carbocycles. The van der Waals surface area contributed by atoms with E-state index in [-0.39, 0.29) is 12.0 Å². The Labute approximate surface area is 118 Å². The largest absolute Gasteiger partial charge is 0.462 e. The first-order chi connectivity index (χ1) is 9.72. The molecule has 1 N–H and O–H groups in total. The Bertz CT molecular complexity index is 572. The zero-order valence-electron chi connectivity index (χ0n) is 11.5. The van der Waals surface area contributed by atoms with Crippen molar-refractivity contribution in [3.63, 3.8) is 0 Å². The van der Waals surface area contributed by atoms with Crippen LogP contribution in [0.15, 0.2) is 42.9 Å². The van der Waals surface area contributed by atoms with Gasteiger partial charge in [-0.05, 0) is 26.0 Å². The molecule has 0 fully saturated rings. The summed E-state index contributed by atoms with van der Waals surface area (Å²) in [5.41, 5.74) is 2.06. The normalized spacial score (nSPS) is 11.7. The Morgan fingerprint density at radius 3 is 2.85 bits per heavy atom. The van der Waals surface area contributed by atoms with Gasteiger partial charge in [0, 0.05) is 18.1 Å². The number of hydrogen-bond acceptors (Lipinski definition) is 5. The van der Waals surface area contributed by atoms with Gasteiger partial charge in [-0.2, -0.15) is 0 Å². The second-order valence-corrected chi connectivity index (χ2v) is 4.26. The van der Waals surface area contributed by atoms with E-state index in [0.29, 0.717) is 12.2 Å². The van der Waals surface area contributed by atoms with Gasteiger partial charge in [0.1, 0.15) is 0 Å². The number of anilines is 1. The molecule has 0 aliphatic heterocycles. The predicted molar refractivity (Wildman–Crippen MR) is 76.5 cm³/mol. The van der Waals surface area contributed by atoms with Gasteiger partial charge in [0.25, 0.3) is 0 Å². The van der Waals surface area contributed by atoms with Crippen LogP contribution in [0.5, 0.6) is 0 Å². The van der Waals surface area contributed by atoms with Crippen LogP contribution in [0.1, 0.15) is 35.9 Å². The Kier molecular flexibility index (Phi) is 4.65. The van der Waals surface area contributed by atoms with E-state index >= 15 is 0 Å². The summed E-state index contributed by atoms with van der Waals surface area (Å²) in [6.07, 6.45) is 4.97. The van der Waals surface area contributed by atoms with Crippen molar-refractivity contribution in [1.82, 2.24) is 9.97 Å². The van der Waals surface area contributed by atoms with Crippen molar-refractivity contribution in [2.45, 2.75) is 19.9 Å². The van der Waals surface area contributed by atoms with Gasteiger partial charge in [0.15, 0.2) is 0 Å². The third-order valence-corrected chi connectivity index (χ3v) is 2.82. The van der Waals surface area contributed by atoms with Gasteiger partial charge in [-0.25, -0.2) is 4.79 Å². The molecule has 0 aliphatic carbocycles. The van der Waals surface area contributed by atoms with Crippen molar-refractivity contribution in [1.29, 1.82) is 0 Å². The molecule has 5 heteroatoms. The second-order valence-electron chi connectivity index (χ2n) is 4.26. The van der Waals surface area contributed by atoms with E-state index in [4.69, 9.17) is 4.74 Å². The van der Waals surface area contributed by atoms with Gasteiger partial charge in [0.05, 0.1) is 30.1 Å². The third-order valence-electron chi connectivity index (χ3n) is 2.82. The van der Waals surface area contributed by atoms with E-state index < -0.39 is 0 Å². The molecule has 0 spiro atoms. The summed E-state index contributed by atoms with van der Waals surface area (Å²) in [6.45, 7) is 4.11. The maximum Gasteiger partial charge on any atom is 0.340 e. The summed E-state index contributed by atoms with van der Waals surface area (Å²) in [7, 11) is 0. The number of rotatable bonds is 5. The third kappa shape index (κ3) is 3.32. The number of nitrogens with one attached hydrogen (secondary N) is 1. The van der Waals surface area contributed by atoms with Gasteiger partial charge in [-0.3, -0.25) is 9.97 Å². The molecule has 20 heavy (non-hydrogen) atoms. The summed E-state index contributed by atoms with van der Waals surface area (Å²) in [4.78, 5) is 20.2. The minimum absolute atomic E-state index is 0.0562. The number of carbonyl (C=O) groups excluding carboxylic acids is 1. The standard InChI is InChI=1S/C15H17N3O2/c1-3-20-15(19)12-6-4-5-7-13(12)18-11(2)14-10-16-8-9-17-14/h4-11,18H,3H2,1-2H3. The average molecular weight is 271 g/mol. The number of ether oxygens (including phenoxy) is 1. The Balaban J connectivity index is 2.19. The van der Waals surface area contributed by atoms with Gasteiger partial charge < -0.3 is 10.1 Å². The smallest absolute Gasteiger partial charge is 0.340 e. The van der Waals surface area contributed by atoms with E-state index in [1.165, 1.54) is 0 Å². The van der Waals surface area contributed by atoms with Crippen LogP contribution in [0.3, 0.4) is 0 Å². The van der Waals surface area contributed by atoms with Crippen LogP contribution in [0.4, 0.5) is 5.69 Å². The van der Waals surface area contributed by atoms with Crippen molar-refractivity contribution >= 4 is 11.7 Å². The molecule has 1 heterocycles. The molecule has 0 saturated heterocycles. The first kappa shape index (κ1) is 14.0. The van der Waals surface area contributed by atoms with E-state index in [1.807, 2.05) is 25.1 Å². The fourth-order valence-electron chi connectivity index (χ4n) is 1.84. The highest BCUT2D eigenvalue weighted by Gasteiger charge is 2.14. The predicted octanol–water partition coefficient (Wildman–Crippen LogP) is 2.83. The van der Waals surface area contributed by atoms with Crippen LogP contribution in [0.2, 0.25) is 0 Å². The van der Waals surface area contributed by atoms with Crippen molar-refractivity contribution in [2.75, 3.05) is 11.9 Å². The van der Waals surface area contributed by atoms with Crippen LogP contribution in [-0.2, 0) is 4.74 Å².